The Morgan fingerprint density at radius 3 is 2.68 bits per heavy atom. The average molecular weight is 265 g/mol. The Labute approximate surface area is 112 Å². The summed E-state index contributed by atoms with van der Waals surface area (Å²) in [6.45, 7) is 0.220. The van der Waals surface area contributed by atoms with Crippen molar-refractivity contribution in [3.63, 3.8) is 0 Å². The summed E-state index contributed by atoms with van der Waals surface area (Å²) in [5, 5.41) is 22.6. The highest BCUT2D eigenvalue weighted by Crippen LogP contribution is 2.29. The maximum atomic E-state index is 11.9. The van der Waals surface area contributed by atoms with Crippen molar-refractivity contribution < 1.29 is 19.7 Å². The van der Waals surface area contributed by atoms with Gasteiger partial charge < -0.3 is 20.3 Å². The van der Waals surface area contributed by atoms with Gasteiger partial charge in [0.15, 0.2) is 0 Å². The van der Waals surface area contributed by atoms with Gasteiger partial charge in [-0.2, -0.15) is 0 Å². The van der Waals surface area contributed by atoms with Crippen LogP contribution < -0.4 is 10.1 Å². The van der Waals surface area contributed by atoms with Gasteiger partial charge in [0, 0.05) is 12.6 Å². The third-order valence-electron chi connectivity index (χ3n) is 3.56. The smallest absolute Gasteiger partial charge is 0.255 e. The highest BCUT2D eigenvalue weighted by molar-refractivity contribution is 5.97. The number of ether oxygens (including phenoxy) is 1. The molecule has 0 aromatic heterocycles. The molecular weight excluding hydrogens is 246 g/mol. The second-order valence-electron chi connectivity index (χ2n) is 5.00. The number of carbonyl (C=O) groups is 1. The Kier molecular flexibility index (Phi) is 3.95. The first-order valence-electron chi connectivity index (χ1n) is 6.42. The van der Waals surface area contributed by atoms with E-state index in [0.29, 0.717) is 18.6 Å². The van der Waals surface area contributed by atoms with E-state index in [4.69, 9.17) is 4.74 Å². The highest BCUT2D eigenvalue weighted by atomic mass is 16.5. The zero-order valence-corrected chi connectivity index (χ0v) is 11.0. The van der Waals surface area contributed by atoms with Gasteiger partial charge in [-0.3, -0.25) is 4.79 Å². The van der Waals surface area contributed by atoms with Crippen molar-refractivity contribution in [1.82, 2.24) is 5.32 Å². The normalized spacial score (nSPS) is 17.2. The van der Waals surface area contributed by atoms with Crippen molar-refractivity contribution in [2.45, 2.75) is 31.3 Å². The molecule has 104 valence electrons. The van der Waals surface area contributed by atoms with Gasteiger partial charge in [-0.1, -0.05) is 12.8 Å². The van der Waals surface area contributed by atoms with Crippen LogP contribution in [0.15, 0.2) is 18.2 Å². The van der Waals surface area contributed by atoms with Crippen LogP contribution in [-0.2, 0) is 0 Å². The Bertz CT molecular complexity index is 467. The van der Waals surface area contributed by atoms with Gasteiger partial charge in [0.25, 0.3) is 5.91 Å². The quantitative estimate of drug-likeness (QED) is 0.769. The fourth-order valence-corrected chi connectivity index (χ4v) is 2.38. The van der Waals surface area contributed by atoms with Gasteiger partial charge in [0.05, 0.1) is 18.3 Å². The molecule has 0 radical (unpaired) electrons. The fourth-order valence-electron chi connectivity index (χ4n) is 2.38. The third-order valence-corrected chi connectivity index (χ3v) is 3.56. The number of hydrogen-bond acceptors (Lipinski definition) is 4. The summed E-state index contributed by atoms with van der Waals surface area (Å²) in [4.78, 5) is 11.9. The van der Waals surface area contributed by atoms with Crippen LogP contribution in [0.1, 0.15) is 36.0 Å². The van der Waals surface area contributed by atoms with E-state index in [2.05, 4.69) is 5.32 Å². The van der Waals surface area contributed by atoms with Crippen LogP contribution in [0, 0.1) is 0 Å². The van der Waals surface area contributed by atoms with Gasteiger partial charge in [-0.25, -0.2) is 0 Å². The van der Waals surface area contributed by atoms with Gasteiger partial charge in [0.1, 0.15) is 11.5 Å². The van der Waals surface area contributed by atoms with E-state index >= 15 is 0 Å². The second-order valence-corrected chi connectivity index (χ2v) is 5.00. The maximum Gasteiger partial charge on any atom is 0.255 e. The molecule has 1 aromatic rings. The lowest BCUT2D eigenvalue weighted by molar-refractivity contribution is 0.0449. The van der Waals surface area contributed by atoms with Crippen LogP contribution >= 0.6 is 0 Å². The van der Waals surface area contributed by atoms with Crippen LogP contribution in [0.5, 0.6) is 11.5 Å². The topological polar surface area (TPSA) is 78.8 Å². The van der Waals surface area contributed by atoms with E-state index in [0.717, 1.165) is 12.8 Å². The van der Waals surface area contributed by atoms with Gasteiger partial charge >= 0.3 is 0 Å². The fraction of sp³-hybridized carbons (Fsp3) is 0.500. The lowest BCUT2D eigenvalue weighted by Gasteiger charge is -2.22. The van der Waals surface area contributed by atoms with Crippen molar-refractivity contribution in [1.29, 1.82) is 0 Å². The second kappa shape index (κ2) is 5.48. The number of phenolic OH excluding ortho intramolecular Hbond substituents is 1. The molecule has 1 fully saturated rings. The number of amides is 1. The number of phenols is 1. The summed E-state index contributed by atoms with van der Waals surface area (Å²) < 4.78 is 4.96. The van der Waals surface area contributed by atoms with Crippen LogP contribution in [0.25, 0.3) is 0 Å². The largest absolute Gasteiger partial charge is 0.507 e. The molecule has 2 rings (SSSR count). The van der Waals surface area contributed by atoms with Crippen molar-refractivity contribution in [2.75, 3.05) is 13.7 Å². The standard InChI is InChI=1S/C14H19NO4/c1-19-10-4-5-11(12(16)8-10)13(17)15-9-14(18)6-2-3-7-14/h4-5,8,16,18H,2-3,6-7,9H2,1H3,(H,15,17). The van der Waals surface area contributed by atoms with Crippen LogP contribution in [0.3, 0.4) is 0 Å². The number of methoxy groups -OCH3 is 1. The first-order valence-corrected chi connectivity index (χ1v) is 6.42. The van der Waals surface area contributed by atoms with Crippen molar-refractivity contribution in [3.8, 4) is 11.5 Å². The summed E-state index contributed by atoms with van der Waals surface area (Å²) in [6, 6.07) is 4.50. The summed E-state index contributed by atoms with van der Waals surface area (Å²) in [7, 11) is 1.49. The molecule has 1 amide bonds. The average Bonchev–Trinajstić information content (AvgIpc) is 2.83. The molecule has 19 heavy (non-hydrogen) atoms. The molecule has 3 N–H and O–H groups in total. The molecule has 0 heterocycles. The molecule has 0 atom stereocenters. The van der Waals surface area contributed by atoms with Gasteiger partial charge in [0.2, 0.25) is 0 Å². The monoisotopic (exact) mass is 265 g/mol. The number of benzene rings is 1. The Hall–Kier alpha value is -1.75. The molecule has 5 nitrogen and oxygen atoms in total. The van der Waals surface area contributed by atoms with Gasteiger partial charge in [-0.05, 0) is 25.0 Å². The number of rotatable bonds is 4. The molecule has 0 aliphatic heterocycles. The van der Waals surface area contributed by atoms with Gasteiger partial charge in [-0.15, -0.1) is 0 Å². The molecule has 0 unspecified atom stereocenters. The van der Waals surface area contributed by atoms with E-state index < -0.39 is 5.60 Å². The van der Waals surface area contributed by atoms with E-state index in [1.165, 1.54) is 19.2 Å². The zero-order chi connectivity index (χ0) is 13.9. The zero-order valence-electron chi connectivity index (χ0n) is 11.0. The molecule has 0 bridgehead atoms. The lowest BCUT2D eigenvalue weighted by Crippen LogP contribution is -2.40. The third kappa shape index (κ3) is 3.17. The van der Waals surface area contributed by atoms with Crippen molar-refractivity contribution in [2.24, 2.45) is 0 Å². The van der Waals surface area contributed by atoms with E-state index in [1.54, 1.807) is 6.07 Å². The summed E-state index contributed by atoms with van der Waals surface area (Å²) in [5.41, 5.74) is -0.611. The number of nitrogens with one attached hydrogen (secondary N) is 1. The van der Waals surface area contributed by atoms with E-state index in [-0.39, 0.29) is 23.8 Å². The SMILES string of the molecule is COc1ccc(C(=O)NCC2(O)CCCC2)c(O)c1. The molecular formula is C14H19NO4. The molecule has 1 aliphatic carbocycles. The molecule has 1 aliphatic rings. The minimum Gasteiger partial charge on any atom is -0.507 e. The first kappa shape index (κ1) is 13.7. The van der Waals surface area contributed by atoms with E-state index in [9.17, 15) is 15.0 Å². The molecule has 0 saturated heterocycles. The van der Waals surface area contributed by atoms with Crippen LogP contribution in [0.4, 0.5) is 0 Å². The summed E-state index contributed by atoms with van der Waals surface area (Å²) in [6.07, 6.45) is 3.39. The van der Waals surface area contributed by atoms with E-state index in [1.807, 2.05) is 0 Å². The summed E-state index contributed by atoms with van der Waals surface area (Å²) in [5.74, 6) is -0.0285. The Balaban J connectivity index is 2.00. The molecule has 1 aromatic carbocycles. The van der Waals surface area contributed by atoms with Crippen LogP contribution in [0.2, 0.25) is 0 Å². The van der Waals surface area contributed by atoms with Crippen LogP contribution in [-0.4, -0.2) is 35.4 Å². The predicted molar refractivity (Wildman–Crippen MR) is 70.4 cm³/mol. The Morgan fingerprint density at radius 1 is 1.42 bits per heavy atom. The molecule has 1 saturated carbocycles. The van der Waals surface area contributed by atoms with Crippen molar-refractivity contribution >= 4 is 5.91 Å². The molecule has 0 spiro atoms. The lowest BCUT2D eigenvalue weighted by atomic mass is 10.0. The number of aliphatic hydroxyl groups is 1. The maximum absolute atomic E-state index is 11.9. The minimum absolute atomic E-state index is 0.129. The summed E-state index contributed by atoms with van der Waals surface area (Å²) >= 11 is 0. The first-order chi connectivity index (χ1) is 9.04. The van der Waals surface area contributed by atoms with Crippen molar-refractivity contribution in [3.05, 3.63) is 23.8 Å². The number of hydrogen-bond donors (Lipinski definition) is 3. The minimum atomic E-state index is -0.794. The predicted octanol–water partition coefficient (Wildman–Crippen LogP) is 1.44. The Morgan fingerprint density at radius 2 is 2.11 bits per heavy atom. The highest BCUT2D eigenvalue weighted by Gasteiger charge is 2.31. The number of carbonyl (C=O) groups excluding carboxylic acids is 1. The number of aromatic hydroxyl groups is 1. The molecule has 5 heteroatoms.